The van der Waals surface area contributed by atoms with Gasteiger partial charge in [-0.05, 0) is 11.1 Å². The molecule has 0 amide bonds. The second-order valence-corrected chi connectivity index (χ2v) is 7.01. The lowest BCUT2D eigenvalue weighted by atomic mass is 10.0. The minimum absolute atomic E-state index is 0.135. The minimum atomic E-state index is -0.135. The first-order chi connectivity index (χ1) is 14.3. The van der Waals surface area contributed by atoms with Gasteiger partial charge in [0.15, 0.2) is 0 Å². The number of H-pyrrole nitrogens is 1. The summed E-state index contributed by atoms with van der Waals surface area (Å²) in [7, 11) is 0. The van der Waals surface area contributed by atoms with Crippen molar-refractivity contribution in [3.05, 3.63) is 119 Å². The van der Waals surface area contributed by atoms with Crippen molar-refractivity contribution in [1.29, 1.82) is 0 Å². The molecule has 29 heavy (non-hydrogen) atoms. The number of hydrogen-bond donors (Lipinski definition) is 1. The summed E-state index contributed by atoms with van der Waals surface area (Å²) in [6.45, 7) is 0. The van der Waals surface area contributed by atoms with Gasteiger partial charge in [-0.1, -0.05) is 91.0 Å². The van der Waals surface area contributed by atoms with Crippen molar-refractivity contribution < 1.29 is 0 Å². The van der Waals surface area contributed by atoms with E-state index in [0.717, 1.165) is 33.6 Å². The predicted molar refractivity (Wildman–Crippen MR) is 116 cm³/mol. The monoisotopic (exact) mass is 377 g/mol. The van der Waals surface area contributed by atoms with E-state index in [4.69, 9.17) is 0 Å². The molecule has 1 N–H and O–H groups in total. The summed E-state index contributed by atoms with van der Waals surface area (Å²) in [5.41, 5.74) is 6.33. The van der Waals surface area contributed by atoms with Gasteiger partial charge in [0.05, 0.1) is 5.56 Å². The van der Waals surface area contributed by atoms with Crippen LogP contribution in [0.2, 0.25) is 0 Å². The third-order valence-corrected chi connectivity index (χ3v) is 5.02. The molecule has 4 nitrogen and oxygen atoms in total. The second-order valence-electron chi connectivity index (χ2n) is 7.01. The van der Waals surface area contributed by atoms with Crippen LogP contribution < -0.4 is 5.56 Å². The highest BCUT2D eigenvalue weighted by Gasteiger charge is 2.18. The van der Waals surface area contributed by atoms with Gasteiger partial charge < -0.3 is 4.98 Å². The topological polar surface area (TPSA) is 50.2 Å². The summed E-state index contributed by atoms with van der Waals surface area (Å²) in [5, 5.41) is 4.68. The molecule has 0 radical (unpaired) electrons. The summed E-state index contributed by atoms with van der Waals surface area (Å²) in [6.07, 6.45) is 0.659. The van der Waals surface area contributed by atoms with E-state index >= 15 is 0 Å². The van der Waals surface area contributed by atoms with Crippen molar-refractivity contribution in [2.75, 3.05) is 0 Å². The normalized spacial score (nSPS) is 11.0. The molecule has 0 fully saturated rings. The van der Waals surface area contributed by atoms with E-state index in [1.54, 1.807) is 6.07 Å². The first-order valence-corrected chi connectivity index (χ1v) is 9.59. The Bertz CT molecular complexity index is 1320. The number of nitrogens with zero attached hydrogens (tertiary/aromatic N) is 2. The molecule has 2 heterocycles. The van der Waals surface area contributed by atoms with Crippen LogP contribution >= 0.6 is 0 Å². The molecule has 0 spiro atoms. The summed E-state index contributed by atoms with van der Waals surface area (Å²) in [6, 6.07) is 31.8. The molecule has 0 saturated carbocycles. The van der Waals surface area contributed by atoms with Crippen molar-refractivity contribution in [3.8, 4) is 22.4 Å². The summed E-state index contributed by atoms with van der Waals surface area (Å²) in [5.74, 6) is 0. The van der Waals surface area contributed by atoms with Gasteiger partial charge in [-0.2, -0.15) is 9.61 Å². The molecule has 0 aliphatic rings. The maximum absolute atomic E-state index is 12.9. The number of rotatable bonds is 4. The van der Waals surface area contributed by atoms with E-state index < -0.39 is 0 Å². The van der Waals surface area contributed by atoms with Gasteiger partial charge >= 0.3 is 0 Å². The zero-order valence-corrected chi connectivity index (χ0v) is 15.7. The highest BCUT2D eigenvalue weighted by atomic mass is 16.1. The van der Waals surface area contributed by atoms with Crippen molar-refractivity contribution in [1.82, 2.24) is 14.6 Å². The van der Waals surface area contributed by atoms with Gasteiger partial charge in [0.25, 0.3) is 5.56 Å². The van der Waals surface area contributed by atoms with Crippen LogP contribution in [0.3, 0.4) is 0 Å². The van der Waals surface area contributed by atoms with E-state index in [1.807, 2.05) is 78.9 Å². The average Bonchev–Trinajstić information content (AvgIpc) is 3.16. The van der Waals surface area contributed by atoms with E-state index in [0.29, 0.717) is 12.1 Å². The molecule has 2 aromatic heterocycles. The fourth-order valence-corrected chi connectivity index (χ4v) is 3.68. The Hall–Kier alpha value is -3.92. The van der Waals surface area contributed by atoms with Crippen molar-refractivity contribution >= 4 is 5.65 Å². The smallest absolute Gasteiger partial charge is 0.274 e. The molecule has 0 bridgehead atoms. The van der Waals surface area contributed by atoms with Gasteiger partial charge in [-0.3, -0.25) is 4.79 Å². The van der Waals surface area contributed by atoms with Crippen LogP contribution in [0.4, 0.5) is 0 Å². The maximum Gasteiger partial charge on any atom is 0.274 e. The second kappa shape index (κ2) is 7.24. The Morgan fingerprint density at radius 3 is 2.00 bits per heavy atom. The summed E-state index contributed by atoms with van der Waals surface area (Å²) >= 11 is 0. The van der Waals surface area contributed by atoms with Crippen LogP contribution in [-0.2, 0) is 6.42 Å². The highest BCUT2D eigenvalue weighted by molar-refractivity contribution is 5.90. The Labute approximate surface area is 168 Å². The standard InChI is InChI=1S/C25H19N3O/c29-22-17-21(16-18-10-4-1-5-11-18)26-25-23(19-12-6-2-7-13-19)24(27-28(22)25)20-14-8-3-9-15-20/h1-15,17,26H,16H2. The third kappa shape index (κ3) is 3.25. The molecule has 0 aliphatic heterocycles. The number of fused-ring (bicyclic) bond motifs is 1. The molecule has 4 heteroatoms. The Balaban J connectivity index is 1.76. The van der Waals surface area contributed by atoms with Crippen molar-refractivity contribution in [2.45, 2.75) is 6.42 Å². The first kappa shape index (κ1) is 17.2. The number of aromatic nitrogens is 3. The quantitative estimate of drug-likeness (QED) is 0.482. The highest BCUT2D eigenvalue weighted by Crippen LogP contribution is 2.33. The third-order valence-electron chi connectivity index (χ3n) is 5.02. The largest absolute Gasteiger partial charge is 0.343 e. The number of hydrogen-bond acceptors (Lipinski definition) is 2. The van der Waals surface area contributed by atoms with Gasteiger partial charge in [0, 0.05) is 23.7 Å². The molecule has 0 saturated heterocycles. The lowest BCUT2D eigenvalue weighted by Gasteiger charge is -2.06. The van der Waals surface area contributed by atoms with Crippen LogP contribution in [0.25, 0.3) is 28.0 Å². The van der Waals surface area contributed by atoms with Gasteiger partial charge in [-0.25, -0.2) is 0 Å². The Kier molecular flexibility index (Phi) is 4.30. The van der Waals surface area contributed by atoms with Gasteiger partial charge in [0.2, 0.25) is 0 Å². The van der Waals surface area contributed by atoms with Crippen LogP contribution in [0, 0.1) is 0 Å². The molecule has 3 aromatic carbocycles. The van der Waals surface area contributed by atoms with E-state index in [1.165, 1.54) is 4.52 Å². The molecular weight excluding hydrogens is 358 g/mol. The summed E-state index contributed by atoms with van der Waals surface area (Å²) in [4.78, 5) is 16.4. The van der Waals surface area contributed by atoms with E-state index in [-0.39, 0.29) is 5.56 Å². The zero-order chi connectivity index (χ0) is 19.6. The molecule has 0 atom stereocenters. The lowest BCUT2D eigenvalue weighted by Crippen LogP contribution is -2.15. The van der Waals surface area contributed by atoms with Crippen molar-refractivity contribution in [3.63, 3.8) is 0 Å². The fraction of sp³-hybridized carbons (Fsp3) is 0.0400. The fourth-order valence-electron chi connectivity index (χ4n) is 3.68. The van der Waals surface area contributed by atoms with E-state index in [9.17, 15) is 4.79 Å². The molecule has 0 aliphatic carbocycles. The SMILES string of the molecule is O=c1cc(Cc2ccccc2)[nH]c2c(-c3ccccc3)c(-c3ccccc3)nn12. The van der Waals surface area contributed by atoms with Crippen LogP contribution in [0.1, 0.15) is 11.3 Å². The number of nitrogens with one attached hydrogen (secondary N) is 1. The number of aromatic amines is 1. The predicted octanol–water partition coefficient (Wildman–Crippen LogP) is 4.95. The zero-order valence-electron chi connectivity index (χ0n) is 15.7. The minimum Gasteiger partial charge on any atom is -0.343 e. The number of benzene rings is 3. The summed E-state index contributed by atoms with van der Waals surface area (Å²) < 4.78 is 1.47. The van der Waals surface area contributed by atoms with E-state index in [2.05, 4.69) is 22.2 Å². The Morgan fingerprint density at radius 2 is 1.34 bits per heavy atom. The van der Waals surface area contributed by atoms with Gasteiger partial charge in [0.1, 0.15) is 11.3 Å². The van der Waals surface area contributed by atoms with Crippen LogP contribution in [-0.4, -0.2) is 14.6 Å². The van der Waals surface area contributed by atoms with Gasteiger partial charge in [-0.15, -0.1) is 0 Å². The molecule has 0 unspecified atom stereocenters. The molecule has 5 aromatic rings. The van der Waals surface area contributed by atoms with Crippen LogP contribution in [0.5, 0.6) is 0 Å². The van der Waals surface area contributed by atoms with Crippen LogP contribution in [0.15, 0.2) is 102 Å². The van der Waals surface area contributed by atoms with Crippen molar-refractivity contribution in [2.24, 2.45) is 0 Å². The molecular formula is C25H19N3O. The Morgan fingerprint density at radius 1 is 0.759 bits per heavy atom. The average molecular weight is 377 g/mol. The first-order valence-electron chi connectivity index (χ1n) is 9.59. The lowest BCUT2D eigenvalue weighted by molar-refractivity contribution is 0.884. The molecule has 140 valence electrons. The molecule has 5 rings (SSSR count). The maximum atomic E-state index is 12.9.